The lowest BCUT2D eigenvalue weighted by atomic mass is 9.58. The fraction of sp³-hybridized carbons (Fsp3) is 0.158. The summed E-state index contributed by atoms with van der Waals surface area (Å²) in [5, 5.41) is 13.5. The molecule has 1 radical (unpaired) electrons. The van der Waals surface area contributed by atoms with Gasteiger partial charge < -0.3 is 18.7 Å². The van der Waals surface area contributed by atoms with E-state index in [1.165, 1.54) is 75.3 Å². The summed E-state index contributed by atoms with van der Waals surface area (Å²) in [7, 11) is 2.45. The number of para-hydroxylation sites is 1. The summed E-state index contributed by atoms with van der Waals surface area (Å²) in [6.45, 7) is 15.8. The smallest absolute Gasteiger partial charge is 0.197 e. The number of hydrogen-bond donors (Lipinski definition) is 1. The standard InChI is InChI=1S/C57H44BN2O2S/c1-30-22-41(37-24-38-35-21-18-32(57(5,6)7)23-48(35)62-49(38)27-44(37)59-33-19-16-31(17-20-33)56(2,3)4)54-55-53(30)42-25-39-34-12-8-10-14-47(34)61-50(39)28-45(42)60(55)46-29-52-40(26-43(46)58-54)36-13-9-11-15-51(36)63-52/h8-29,59H,1-7H3. The highest BCUT2D eigenvalue weighted by atomic mass is 32.1. The van der Waals surface area contributed by atoms with Gasteiger partial charge in [0, 0.05) is 81.7 Å². The molecule has 5 heterocycles. The molecule has 6 heteroatoms. The molecule has 0 saturated heterocycles. The van der Waals surface area contributed by atoms with Crippen molar-refractivity contribution in [2.75, 3.05) is 5.32 Å². The Kier molecular flexibility index (Phi) is 7.42. The normalized spacial score (nSPS) is 13.1. The van der Waals surface area contributed by atoms with E-state index in [9.17, 15) is 0 Å². The first-order valence-corrected chi connectivity index (χ1v) is 22.8. The molecule has 4 aromatic heterocycles. The van der Waals surface area contributed by atoms with Crippen LogP contribution in [0.15, 0.2) is 142 Å². The van der Waals surface area contributed by atoms with Crippen LogP contribution in [0, 0.1) is 6.92 Å². The van der Waals surface area contributed by atoms with Crippen molar-refractivity contribution in [1.29, 1.82) is 0 Å². The van der Waals surface area contributed by atoms with E-state index in [0.717, 1.165) is 66.3 Å². The Balaban J connectivity index is 1.12. The number of aryl methyl sites for hydroxylation is 1. The Bertz CT molecular complexity index is 3940. The number of anilines is 2. The minimum absolute atomic E-state index is 0.000976. The average molecular weight is 832 g/mol. The summed E-state index contributed by atoms with van der Waals surface area (Å²) in [6, 6.07) is 49.3. The highest BCUT2D eigenvalue weighted by Gasteiger charge is 2.30. The maximum atomic E-state index is 6.76. The molecule has 0 bridgehead atoms. The van der Waals surface area contributed by atoms with Gasteiger partial charge in [0.1, 0.15) is 22.3 Å². The molecular formula is C57H44BN2O2S. The van der Waals surface area contributed by atoms with Crippen LogP contribution in [0.25, 0.3) is 103 Å². The molecule has 303 valence electrons. The maximum absolute atomic E-state index is 6.76. The van der Waals surface area contributed by atoms with Gasteiger partial charge in [-0.25, -0.2) is 0 Å². The summed E-state index contributed by atoms with van der Waals surface area (Å²) in [6.07, 6.45) is 0. The highest BCUT2D eigenvalue weighted by Crippen LogP contribution is 2.45. The van der Waals surface area contributed by atoms with Gasteiger partial charge in [0.25, 0.3) is 0 Å². The van der Waals surface area contributed by atoms with Crippen LogP contribution in [-0.2, 0) is 10.8 Å². The van der Waals surface area contributed by atoms with Crippen LogP contribution >= 0.6 is 11.3 Å². The first-order valence-electron chi connectivity index (χ1n) is 22.0. The van der Waals surface area contributed by atoms with Crippen molar-refractivity contribution >= 4 is 127 Å². The molecule has 0 saturated carbocycles. The molecule has 0 atom stereocenters. The number of fused-ring (bicyclic) bond motifs is 14. The van der Waals surface area contributed by atoms with E-state index in [1.807, 2.05) is 11.3 Å². The first kappa shape index (κ1) is 36.9. The van der Waals surface area contributed by atoms with E-state index < -0.39 is 0 Å². The van der Waals surface area contributed by atoms with Crippen LogP contribution in [-0.4, -0.2) is 11.8 Å². The van der Waals surface area contributed by atoms with Gasteiger partial charge in [0.15, 0.2) is 7.28 Å². The zero-order valence-corrected chi connectivity index (χ0v) is 37.3. The zero-order valence-electron chi connectivity index (χ0n) is 36.5. The molecule has 13 rings (SSSR count). The second-order valence-corrected chi connectivity index (χ2v) is 20.8. The molecule has 0 amide bonds. The van der Waals surface area contributed by atoms with E-state index in [2.05, 4.69) is 199 Å². The van der Waals surface area contributed by atoms with Gasteiger partial charge in [-0.15, -0.1) is 11.3 Å². The summed E-state index contributed by atoms with van der Waals surface area (Å²) in [5.74, 6) is 0. The van der Waals surface area contributed by atoms with Gasteiger partial charge in [-0.2, -0.15) is 0 Å². The lowest BCUT2D eigenvalue weighted by Crippen LogP contribution is -2.37. The van der Waals surface area contributed by atoms with Crippen LogP contribution < -0.4 is 16.2 Å². The molecule has 0 aliphatic carbocycles. The Labute approximate surface area is 370 Å². The SMILES string of the molecule is Cc1cc(-c2cc3c(cc2Nc2ccc(C(C)(C)C)cc2)oc2cc(C(C)(C)C)ccc23)c2c3c1c1cc4c(cc1n3-c1cc3sc5ccccc5c3cc1[B]2)oc1ccccc14. The molecule has 12 aromatic rings. The fourth-order valence-corrected chi connectivity index (χ4v) is 11.5. The number of aromatic nitrogens is 1. The Morgan fingerprint density at radius 3 is 2.03 bits per heavy atom. The first-order chi connectivity index (χ1) is 30.4. The largest absolute Gasteiger partial charge is 0.456 e. The number of thiophene rings is 1. The molecule has 0 unspecified atom stereocenters. The molecule has 0 fully saturated rings. The van der Waals surface area contributed by atoms with Gasteiger partial charge in [0.2, 0.25) is 0 Å². The van der Waals surface area contributed by atoms with Gasteiger partial charge in [-0.3, -0.25) is 0 Å². The fourth-order valence-electron chi connectivity index (χ4n) is 10.3. The number of nitrogens with one attached hydrogen (secondary N) is 1. The number of rotatable bonds is 3. The van der Waals surface area contributed by atoms with Crippen molar-refractivity contribution in [1.82, 2.24) is 4.57 Å². The van der Waals surface area contributed by atoms with Crippen molar-refractivity contribution in [3.63, 3.8) is 0 Å². The van der Waals surface area contributed by atoms with Crippen LogP contribution in [0.4, 0.5) is 11.4 Å². The predicted molar refractivity (Wildman–Crippen MR) is 271 cm³/mol. The maximum Gasteiger partial charge on any atom is 0.197 e. The molecule has 0 spiro atoms. The zero-order chi connectivity index (χ0) is 42.7. The third kappa shape index (κ3) is 5.40. The quantitative estimate of drug-likeness (QED) is 0.180. The lowest BCUT2D eigenvalue weighted by Gasteiger charge is -2.25. The molecule has 1 aliphatic heterocycles. The van der Waals surface area contributed by atoms with E-state index >= 15 is 0 Å². The van der Waals surface area contributed by atoms with Gasteiger partial charge >= 0.3 is 0 Å². The van der Waals surface area contributed by atoms with Crippen molar-refractivity contribution < 1.29 is 8.83 Å². The summed E-state index contributed by atoms with van der Waals surface area (Å²) < 4.78 is 18.5. The second-order valence-electron chi connectivity index (χ2n) is 19.7. The number of benzene rings is 8. The summed E-state index contributed by atoms with van der Waals surface area (Å²) in [5.41, 5.74) is 17.7. The molecule has 63 heavy (non-hydrogen) atoms. The molecule has 4 nitrogen and oxygen atoms in total. The number of nitrogens with zero attached hydrogens (tertiary/aromatic N) is 1. The summed E-state index contributed by atoms with van der Waals surface area (Å²) >= 11 is 1.87. The Hall–Kier alpha value is -6.76. The van der Waals surface area contributed by atoms with Crippen LogP contribution in [0.5, 0.6) is 0 Å². The summed E-state index contributed by atoms with van der Waals surface area (Å²) in [4.78, 5) is 0. The monoisotopic (exact) mass is 831 g/mol. The van der Waals surface area contributed by atoms with E-state index in [1.54, 1.807) is 0 Å². The van der Waals surface area contributed by atoms with Crippen molar-refractivity contribution in [3.05, 3.63) is 150 Å². The average Bonchev–Trinajstić information content (AvgIpc) is 4.01. The van der Waals surface area contributed by atoms with Gasteiger partial charge in [0.05, 0.1) is 11.2 Å². The molecular weight excluding hydrogens is 788 g/mol. The lowest BCUT2D eigenvalue weighted by molar-refractivity contribution is 0.587. The van der Waals surface area contributed by atoms with Crippen LogP contribution in [0.3, 0.4) is 0 Å². The highest BCUT2D eigenvalue weighted by molar-refractivity contribution is 7.25. The molecule has 1 N–H and O–H groups in total. The number of furan rings is 2. The third-order valence-electron chi connectivity index (χ3n) is 13.6. The van der Waals surface area contributed by atoms with Crippen molar-refractivity contribution in [2.45, 2.75) is 59.3 Å². The number of hydrogen-bond acceptors (Lipinski definition) is 4. The van der Waals surface area contributed by atoms with E-state index in [0.29, 0.717) is 0 Å². The van der Waals surface area contributed by atoms with Crippen LogP contribution in [0.1, 0.15) is 58.2 Å². The topological polar surface area (TPSA) is 43.2 Å². The Morgan fingerprint density at radius 1 is 0.540 bits per heavy atom. The molecule has 8 aromatic carbocycles. The van der Waals surface area contributed by atoms with Crippen molar-refractivity contribution in [3.8, 4) is 16.8 Å². The van der Waals surface area contributed by atoms with E-state index in [4.69, 9.17) is 8.83 Å². The van der Waals surface area contributed by atoms with Gasteiger partial charge in [-0.05, 0) is 99.4 Å². The minimum atomic E-state index is 0.000976. The van der Waals surface area contributed by atoms with Crippen LogP contribution in [0.2, 0.25) is 0 Å². The van der Waals surface area contributed by atoms with E-state index in [-0.39, 0.29) is 10.8 Å². The predicted octanol–water partition coefficient (Wildman–Crippen LogP) is 15.2. The Morgan fingerprint density at radius 2 is 1.22 bits per heavy atom. The van der Waals surface area contributed by atoms with Crippen molar-refractivity contribution in [2.24, 2.45) is 0 Å². The molecule has 1 aliphatic rings. The van der Waals surface area contributed by atoms with Gasteiger partial charge in [-0.1, -0.05) is 120 Å². The second kappa shape index (κ2) is 12.7. The third-order valence-corrected chi connectivity index (χ3v) is 14.8. The minimum Gasteiger partial charge on any atom is -0.456 e.